The first kappa shape index (κ1) is 39.0. The Hall–Kier alpha value is -3.42. The van der Waals surface area contributed by atoms with Gasteiger partial charge in [-0.25, -0.2) is 22.0 Å². The van der Waals surface area contributed by atoms with Crippen LogP contribution >= 0.6 is 0 Å². The number of sulfone groups is 1. The lowest BCUT2D eigenvalue weighted by Gasteiger charge is -2.29. The number of hydrogen-bond acceptors (Lipinski definition) is 8. The second kappa shape index (κ2) is 17.3. The quantitative estimate of drug-likeness (QED) is 0.145. The van der Waals surface area contributed by atoms with Crippen LogP contribution in [0.2, 0.25) is 0 Å². The van der Waals surface area contributed by atoms with Crippen molar-refractivity contribution in [3.63, 3.8) is 0 Å². The van der Waals surface area contributed by atoms with E-state index in [1.807, 2.05) is 45.0 Å². The number of nitrogens with zero attached hydrogens (tertiary/aromatic N) is 1. The van der Waals surface area contributed by atoms with Crippen molar-refractivity contribution in [2.75, 3.05) is 18.8 Å². The van der Waals surface area contributed by atoms with E-state index in [0.717, 1.165) is 40.6 Å². The Labute approximate surface area is 283 Å². The van der Waals surface area contributed by atoms with Crippen LogP contribution < -0.4 is 16.4 Å². The predicted molar refractivity (Wildman–Crippen MR) is 181 cm³/mol. The van der Waals surface area contributed by atoms with Crippen LogP contribution in [-0.4, -0.2) is 73.0 Å². The maximum atomic E-state index is 14.0. The molecule has 0 bridgehead atoms. The summed E-state index contributed by atoms with van der Waals surface area (Å²) in [4.78, 5) is 40.6. The van der Waals surface area contributed by atoms with Crippen LogP contribution in [0.15, 0.2) is 42.5 Å². The highest BCUT2D eigenvalue weighted by molar-refractivity contribution is 7.92. The van der Waals surface area contributed by atoms with Gasteiger partial charge in [0, 0.05) is 31.7 Å². The number of carbonyl (C=O) groups is 3. The molecule has 266 valence electrons. The van der Waals surface area contributed by atoms with Crippen molar-refractivity contribution < 1.29 is 36.3 Å². The largest absolute Gasteiger partial charge is 0.459 e. The van der Waals surface area contributed by atoms with E-state index in [1.165, 1.54) is 13.8 Å². The summed E-state index contributed by atoms with van der Waals surface area (Å²) in [6.07, 6.45) is 1.75. The smallest absolute Gasteiger partial charge is 0.325 e. The number of benzene rings is 2. The highest BCUT2D eigenvalue weighted by Gasteiger charge is 2.47. The monoisotopic (exact) mass is 692 g/mol. The molecule has 3 atom stereocenters. The zero-order chi connectivity index (χ0) is 35.6. The topological polar surface area (TPSA) is 148 Å². The molecule has 3 rings (SSSR count). The van der Waals surface area contributed by atoms with Crippen LogP contribution in [0.4, 0.5) is 13.6 Å². The van der Waals surface area contributed by atoms with Crippen molar-refractivity contribution in [1.29, 1.82) is 0 Å². The van der Waals surface area contributed by atoms with Crippen LogP contribution in [0.25, 0.3) is 0 Å². The number of ether oxygens (including phenoxy) is 1. The number of nitrogens with two attached hydrogens (primary N) is 1. The lowest BCUT2D eigenvalue weighted by atomic mass is 10.0. The van der Waals surface area contributed by atoms with Crippen LogP contribution in [0.5, 0.6) is 0 Å². The van der Waals surface area contributed by atoms with Gasteiger partial charge in [-0.05, 0) is 68.4 Å². The van der Waals surface area contributed by atoms with Gasteiger partial charge in [-0.3, -0.25) is 14.5 Å². The number of nitrogens with one attached hydrogen (secondary N) is 2. The van der Waals surface area contributed by atoms with Crippen molar-refractivity contribution in [1.82, 2.24) is 15.5 Å². The lowest BCUT2D eigenvalue weighted by molar-refractivity contribution is -0.155. The van der Waals surface area contributed by atoms with Crippen molar-refractivity contribution >= 4 is 27.7 Å². The molecule has 3 amide bonds. The molecule has 0 saturated carbocycles. The van der Waals surface area contributed by atoms with Crippen molar-refractivity contribution in [3.05, 3.63) is 70.8 Å². The fraction of sp³-hybridized carbons (Fsp3) is 0.571. The average Bonchev–Trinajstić information content (AvgIpc) is 3.20. The third kappa shape index (κ3) is 10.8. The summed E-state index contributed by atoms with van der Waals surface area (Å²) >= 11 is 0. The van der Waals surface area contributed by atoms with Gasteiger partial charge in [0.05, 0.1) is 16.9 Å². The lowest BCUT2D eigenvalue weighted by Crippen LogP contribution is -2.49. The van der Waals surface area contributed by atoms with Crippen LogP contribution in [-0.2, 0) is 43.5 Å². The Morgan fingerprint density at radius 1 is 1.00 bits per heavy atom. The molecule has 1 saturated heterocycles. The van der Waals surface area contributed by atoms with E-state index in [0.29, 0.717) is 32.2 Å². The minimum atomic E-state index is -3.87. The van der Waals surface area contributed by atoms with E-state index in [4.69, 9.17) is 10.5 Å². The summed E-state index contributed by atoms with van der Waals surface area (Å²) in [5, 5.41) is 5.08. The maximum absolute atomic E-state index is 14.0. The first-order chi connectivity index (χ1) is 22.6. The third-order valence-electron chi connectivity index (χ3n) is 8.56. The Balaban J connectivity index is 1.91. The first-order valence-corrected chi connectivity index (χ1v) is 18.4. The molecule has 0 aliphatic carbocycles. The van der Waals surface area contributed by atoms with Gasteiger partial charge in [-0.15, -0.1) is 0 Å². The molecule has 4 N–H and O–H groups in total. The molecular formula is C35H50F2N4O6S. The van der Waals surface area contributed by atoms with Gasteiger partial charge in [0.2, 0.25) is 0 Å². The summed E-state index contributed by atoms with van der Waals surface area (Å²) in [5.41, 5.74) is 7.64. The zero-order valence-electron chi connectivity index (χ0n) is 28.6. The fourth-order valence-corrected chi connectivity index (χ4v) is 8.20. The number of amides is 3. The molecule has 0 aromatic heterocycles. The molecule has 0 radical (unpaired) electrons. The Kier molecular flexibility index (Phi) is 14.1. The Morgan fingerprint density at radius 3 is 2.19 bits per heavy atom. The van der Waals surface area contributed by atoms with Gasteiger partial charge < -0.3 is 21.1 Å². The van der Waals surface area contributed by atoms with Gasteiger partial charge in [-0.2, -0.15) is 0 Å². The number of halogens is 2. The Bertz CT molecular complexity index is 1510. The summed E-state index contributed by atoms with van der Waals surface area (Å²) in [6, 6.07) is 9.24. The summed E-state index contributed by atoms with van der Waals surface area (Å²) in [7, 11) is -3.87. The Morgan fingerprint density at radius 2 is 1.62 bits per heavy atom. The van der Waals surface area contributed by atoms with Crippen molar-refractivity contribution in [3.8, 4) is 0 Å². The van der Waals surface area contributed by atoms with Crippen molar-refractivity contribution in [2.45, 2.75) is 103 Å². The molecule has 1 unspecified atom stereocenters. The molecule has 1 aliphatic rings. The average molecular weight is 693 g/mol. The van der Waals surface area contributed by atoms with Crippen LogP contribution in [0, 0.1) is 17.6 Å². The van der Waals surface area contributed by atoms with Gasteiger partial charge in [0.1, 0.15) is 23.3 Å². The van der Waals surface area contributed by atoms with E-state index in [9.17, 15) is 31.6 Å². The molecular weight excluding hydrogens is 642 g/mol. The summed E-state index contributed by atoms with van der Waals surface area (Å²) in [5.74, 6) is -5.15. The second-order valence-corrected chi connectivity index (χ2v) is 15.4. The molecule has 48 heavy (non-hydrogen) atoms. The number of esters is 1. The van der Waals surface area contributed by atoms with Gasteiger partial charge in [0.25, 0.3) is 5.91 Å². The fourth-order valence-electron chi connectivity index (χ4n) is 5.94. The van der Waals surface area contributed by atoms with Gasteiger partial charge in [-0.1, -0.05) is 57.9 Å². The maximum Gasteiger partial charge on any atom is 0.325 e. The highest BCUT2D eigenvalue weighted by Crippen LogP contribution is 2.24. The van der Waals surface area contributed by atoms with Crippen LogP contribution in [0.1, 0.15) is 77.0 Å². The number of rotatable bonds is 19. The van der Waals surface area contributed by atoms with E-state index in [-0.39, 0.29) is 18.5 Å². The van der Waals surface area contributed by atoms with Crippen LogP contribution in [0.3, 0.4) is 0 Å². The predicted octanol–water partition coefficient (Wildman–Crippen LogP) is 4.43. The summed E-state index contributed by atoms with van der Waals surface area (Å²) in [6.45, 7) is 8.75. The molecule has 10 nitrogen and oxygen atoms in total. The number of aryl methyl sites for hydroxylation is 1. The minimum Gasteiger partial charge on any atom is -0.459 e. The first-order valence-electron chi connectivity index (χ1n) is 16.6. The standard InChI is InChI=1S/C35H50F2N4O6S/c1-6-10-29(11-7-2)48(45,46)22-26(21-41-33(43)35(4,5)40-34(41)44)32(42)47-31(20-39-19-24-13-9-12-23(8-3)14-24)30(38)17-25-15-27(36)18-28(37)16-25/h9,12-16,18,26,29-31,39H,6-8,10-11,17,19-22,38H2,1-5H3,(H,40,44)/t26?,30-,31+/m0/s1. The zero-order valence-corrected chi connectivity index (χ0v) is 29.4. The summed E-state index contributed by atoms with van der Waals surface area (Å²) < 4.78 is 61.3. The molecule has 13 heteroatoms. The number of urea groups is 1. The molecule has 1 fully saturated rings. The normalized spacial score (nSPS) is 16.6. The molecule has 1 heterocycles. The van der Waals surface area contributed by atoms with E-state index < -0.39 is 80.5 Å². The minimum absolute atomic E-state index is 0.0327. The third-order valence-corrected chi connectivity index (χ3v) is 10.9. The van der Waals surface area contributed by atoms with Gasteiger partial charge in [0.15, 0.2) is 9.84 Å². The highest BCUT2D eigenvalue weighted by atomic mass is 32.2. The second-order valence-electron chi connectivity index (χ2n) is 13.1. The van der Waals surface area contributed by atoms with Crippen molar-refractivity contribution in [2.24, 2.45) is 11.7 Å². The van der Waals surface area contributed by atoms with E-state index >= 15 is 0 Å². The SMILES string of the molecule is CCCC(CCC)S(=O)(=O)CC(CN1C(=O)NC(C)(C)C1=O)C(=O)O[C@H](CNCc1cccc(CC)c1)[C@@H](N)Cc1cc(F)cc(F)c1. The molecule has 1 aliphatic heterocycles. The molecule has 2 aromatic carbocycles. The van der Waals surface area contributed by atoms with Gasteiger partial charge >= 0.3 is 12.0 Å². The number of carbonyl (C=O) groups excluding carboxylic acids is 3. The number of imide groups is 1. The number of hydrogen-bond donors (Lipinski definition) is 3. The molecule has 2 aromatic rings. The van der Waals surface area contributed by atoms with E-state index in [1.54, 1.807) is 0 Å². The molecule has 0 spiro atoms. The van der Waals surface area contributed by atoms with E-state index in [2.05, 4.69) is 10.6 Å².